The van der Waals surface area contributed by atoms with Gasteiger partial charge in [0.1, 0.15) is 11.6 Å². The summed E-state index contributed by atoms with van der Waals surface area (Å²) >= 11 is 0. The lowest BCUT2D eigenvalue weighted by molar-refractivity contribution is -0.131. The maximum absolute atomic E-state index is 12.6. The Labute approximate surface area is 202 Å². The molecule has 0 aliphatic carbocycles. The molecule has 0 spiro atoms. The van der Waals surface area contributed by atoms with Gasteiger partial charge in [-0.15, -0.1) is 0 Å². The first kappa shape index (κ1) is 22.9. The molecule has 0 saturated carbocycles. The summed E-state index contributed by atoms with van der Waals surface area (Å²) in [4.78, 5) is 25.3. The maximum Gasteiger partial charge on any atom is 0.226 e. The fourth-order valence-corrected chi connectivity index (χ4v) is 5.12. The van der Waals surface area contributed by atoms with E-state index >= 15 is 0 Å². The Balaban J connectivity index is 1.10. The summed E-state index contributed by atoms with van der Waals surface area (Å²) in [6.45, 7) is 5.90. The van der Waals surface area contributed by atoms with Crippen LogP contribution in [0.4, 0.5) is 0 Å². The topological polar surface area (TPSA) is 61.5 Å². The van der Waals surface area contributed by atoms with Crippen LogP contribution < -0.4 is 4.74 Å². The SMILES string of the molecule is O=C(Cc1ccc2[nH]c(CCCOc3cccc(CN4CCCC4)c3)nc2c1)N1CCCCC1. The van der Waals surface area contributed by atoms with Crippen LogP contribution in [0.25, 0.3) is 11.0 Å². The van der Waals surface area contributed by atoms with E-state index in [4.69, 9.17) is 9.72 Å². The van der Waals surface area contributed by atoms with E-state index in [0.29, 0.717) is 13.0 Å². The Morgan fingerprint density at radius 1 is 0.941 bits per heavy atom. The number of imidazole rings is 1. The lowest BCUT2D eigenvalue weighted by atomic mass is 10.1. The minimum Gasteiger partial charge on any atom is -0.494 e. The predicted molar refractivity (Wildman–Crippen MR) is 135 cm³/mol. The third kappa shape index (κ3) is 5.98. The lowest BCUT2D eigenvalue weighted by Crippen LogP contribution is -2.36. The Kier molecular flexibility index (Phi) is 7.44. The molecule has 0 atom stereocenters. The maximum atomic E-state index is 12.6. The van der Waals surface area contributed by atoms with Crippen LogP contribution >= 0.6 is 0 Å². The number of likely N-dealkylation sites (tertiary alicyclic amines) is 2. The van der Waals surface area contributed by atoms with Crippen molar-refractivity contribution in [3.05, 3.63) is 59.4 Å². The number of amides is 1. The van der Waals surface area contributed by atoms with Crippen molar-refractivity contribution in [2.24, 2.45) is 0 Å². The van der Waals surface area contributed by atoms with Crippen LogP contribution in [0.1, 0.15) is 55.5 Å². The highest BCUT2D eigenvalue weighted by molar-refractivity contribution is 5.82. The van der Waals surface area contributed by atoms with Gasteiger partial charge in [0.2, 0.25) is 5.91 Å². The molecule has 5 rings (SSSR count). The van der Waals surface area contributed by atoms with Crippen LogP contribution in [0, 0.1) is 0 Å². The van der Waals surface area contributed by atoms with Gasteiger partial charge in [0.25, 0.3) is 0 Å². The number of fused-ring (bicyclic) bond motifs is 1. The molecule has 34 heavy (non-hydrogen) atoms. The third-order valence-electron chi connectivity index (χ3n) is 6.99. The zero-order valence-corrected chi connectivity index (χ0v) is 20.1. The Bertz CT molecular complexity index is 1100. The lowest BCUT2D eigenvalue weighted by Gasteiger charge is -2.26. The zero-order valence-electron chi connectivity index (χ0n) is 20.1. The van der Waals surface area contributed by atoms with Crippen molar-refractivity contribution >= 4 is 16.9 Å². The van der Waals surface area contributed by atoms with Gasteiger partial charge in [0, 0.05) is 26.1 Å². The number of hydrogen-bond acceptors (Lipinski definition) is 4. The Morgan fingerprint density at radius 2 is 1.76 bits per heavy atom. The molecular formula is C28H36N4O2. The molecule has 180 valence electrons. The van der Waals surface area contributed by atoms with E-state index in [1.54, 1.807) is 0 Å². The summed E-state index contributed by atoms with van der Waals surface area (Å²) < 4.78 is 6.03. The highest BCUT2D eigenvalue weighted by atomic mass is 16.5. The molecule has 3 aromatic rings. The minimum atomic E-state index is 0.233. The number of piperidine rings is 1. The number of aryl methyl sites for hydroxylation is 1. The van der Waals surface area contributed by atoms with Gasteiger partial charge >= 0.3 is 0 Å². The quantitative estimate of drug-likeness (QED) is 0.469. The number of aromatic amines is 1. The molecule has 1 N–H and O–H groups in total. The number of hydrogen-bond donors (Lipinski definition) is 1. The van der Waals surface area contributed by atoms with Gasteiger partial charge in [0.15, 0.2) is 0 Å². The number of carbonyl (C=O) groups is 1. The van der Waals surface area contributed by atoms with Crippen LogP contribution in [0.3, 0.4) is 0 Å². The molecule has 0 radical (unpaired) electrons. The smallest absolute Gasteiger partial charge is 0.226 e. The number of nitrogens with one attached hydrogen (secondary N) is 1. The van der Waals surface area contributed by atoms with Gasteiger partial charge in [0.05, 0.1) is 24.1 Å². The van der Waals surface area contributed by atoms with E-state index in [1.165, 1.54) is 37.9 Å². The summed E-state index contributed by atoms with van der Waals surface area (Å²) in [5, 5.41) is 0. The molecule has 2 fully saturated rings. The van der Waals surface area contributed by atoms with Crippen molar-refractivity contribution < 1.29 is 9.53 Å². The van der Waals surface area contributed by atoms with Gasteiger partial charge in [-0.2, -0.15) is 0 Å². The van der Waals surface area contributed by atoms with Crippen molar-refractivity contribution in [1.82, 2.24) is 19.8 Å². The van der Waals surface area contributed by atoms with Gasteiger partial charge in [-0.25, -0.2) is 4.98 Å². The summed E-state index contributed by atoms with van der Waals surface area (Å²) in [6.07, 6.45) is 8.32. The molecular weight excluding hydrogens is 424 g/mol. The van der Waals surface area contributed by atoms with Crippen LogP contribution in [0.15, 0.2) is 42.5 Å². The molecule has 0 unspecified atom stereocenters. The molecule has 2 aromatic carbocycles. The first-order valence-electron chi connectivity index (χ1n) is 12.9. The summed E-state index contributed by atoms with van der Waals surface area (Å²) in [5.74, 6) is 2.15. The van der Waals surface area contributed by atoms with Crippen molar-refractivity contribution in [3.8, 4) is 5.75 Å². The number of ether oxygens (including phenoxy) is 1. The second-order valence-corrected chi connectivity index (χ2v) is 9.74. The normalized spacial score (nSPS) is 16.9. The third-order valence-corrected chi connectivity index (χ3v) is 6.99. The fraction of sp³-hybridized carbons (Fsp3) is 0.500. The van der Waals surface area contributed by atoms with E-state index in [1.807, 2.05) is 23.1 Å². The standard InChI is InChI=1S/C28H36N4O2/c33-28(32-15-2-1-3-16-32)20-22-11-12-25-26(19-22)30-27(29-25)10-7-17-34-24-9-6-8-23(18-24)21-31-13-4-5-14-31/h6,8-9,11-12,18-19H,1-5,7,10,13-17,20-21H2,(H,29,30). The van der Waals surface area contributed by atoms with Crippen LogP contribution in [-0.2, 0) is 24.2 Å². The zero-order chi connectivity index (χ0) is 23.2. The molecule has 1 amide bonds. The monoisotopic (exact) mass is 460 g/mol. The number of aromatic nitrogens is 2. The van der Waals surface area contributed by atoms with E-state index in [-0.39, 0.29) is 5.91 Å². The summed E-state index contributed by atoms with van der Waals surface area (Å²) in [7, 11) is 0. The fourth-order valence-electron chi connectivity index (χ4n) is 5.12. The van der Waals surface area contributed by atoms with Gasteiger partial charge in [-0.05, 0) is 87.0 Å². The first-order chi connectivity index (χ1) is 16.7. The predicted octanol–water partition coefficient (Wildman–Crippen LogP) is 4.73. The largest absolute Gasteiger partial charge is 0.494 e. The molecule has 6 nitrogen and oxygen atoms in total. The van der Waals surface area contributed by atoms with Gasteiger partial charge in [-0.3, -0.25) is 9.69 Å². The average molecular weight is 461 g/mol. The van der Waals surface area contributed by atoms with Crippen LogP contribution in [0.2, 0.25) is 0 Å². The molecule has 2 saturated heterocycles. The minimum absolute atomic E-state index is 0.233. The number of H-pyrrole nitrogens is 1. The van der Waals surface area contributed by atoms with Crippen molar-refractivity contribution in [2.75, 3.05) is 32.8 Å². The highest BCUT2D eigenvalue weighted by Crippen LogP contribution is 2.19. The molecule has 3 heterocycles. The van der Waals surface area contributed by atoms with Crippen molar-refractivity contribution in [3.63, 3.8) is 0 Å². The second kappa shape index (κ2) is 11.0. The number of carbonyl (C=O) groups excluding carboxylic acids is 1. The van der Waals surface area contributed by atoms with Crippen LogP contribution in [0.5, 0.6) is 5.75 Å². The number of rotatable bonds is 9. The van der Waals surface area contributed by atoms with E-state index in [9.17, 15) is 4.79 Å². The van der Waals surface area contributed by atoms with Gasteiger partial charge in [-0.1, -0.05) is 18.2 Å². The van der Waals surface area contributed by atoms with Crippen LogP contribution in [-0.4, -0.2) is 58.5 Å². The summed E-state index contributed by atoms with van der Waals surface area (Å²) in [6, 6.07) is 14.6. The second-order valence-electron chi connectivity index (χ2n) is 9.74. The molecule has 2 aliphatic heterocycles. The van der Waals surface area contributed by atoms with Crippen molar-refractivity contribution in [1.29, 1.82) is 0 Å². The van der Waals surface area contributed by atoms with E-state index in [0.717, 1.165) is 73.5 Å². The Hall–Kier alpha value is -2.86. The molecule has 2 aliphatic rings. The molecule has 6 heteroatoms. The average Bonchev–Trinajstić information content (AvgIpc) is 3.52. The first-order valence-corrected chi connectivity index (χ1v) is 12.9. The molecule has 0 bridgehead atoms. The number of nitrogens with zero attached hydrogens (tertiary/aromatic N) is 3. The van der Waals surface area contributed by atoms with E-state index < -0.39 is 0 Å². The highest BCUT2D eigenvalue weighted by Gasteiger charge is 2.17. The van der Waals surface area contributed by atoms with Crippen molar-refractivity contribution in [2.45, 2.75) is 57.9 Å². The summed E-state index contributed by atoms with van der Waals surface area (Å²) in [5.41, 5.74) is 4.33. The van der Waals surface area contributed by atoms with E-state index in [2.05, 4.69) is 34.1 Å². The van der Waals surface area contributed by atoms with Gasteiger partial charge < -0.3 is 14.6 Å². The molecule has 1 aromatic heterocycles. The Morgan fingerprint density at radius 3 is 2.62 bits per heavy atom. The number of benzene rings is 2.